The number of thiazole rings is 1. The van der Waals surface area contributed by atoms with Crippen molar-refractivity contribution in [3.8, 4) is 0 Å². The lowest BCUT2D eigenvalue weighted by atomic mass is 10.5. The van der Waals surface area contributed by atoms with Crippen LogP contribution in [0.2, 0.25) is 0 Å². The van der Waals surface area contributed by atoms with Crippen molar-refractivity contribution in [3.05, 3.63) is 29.9 Å². The highest BCUT2D eigenvalue weighted by Gasteiger charge is 1.99. The van der Waals surface area contributed by atoms with Crippen molar-refractivity contribution in [2.75, 3.05) is 5.73 Å². The molecule has 0 fully saturated rings. The minimum Gasteiger partial charge on any atom is -0.384 e. The van der Waals surface area contributed by atoms with Gasteiger partial charge in [0, 0.05) is 22.7 Å². The minimum atomic E-state index is 0.543. The largest absolute Gasteiger partial charge is 0.384 e. The van der Waals surface area contributed by atoms with Crippen LogP contribution in [0.1, 0.15) is 0 Å². The molecule has 2 N–H and O–H groups in total. The average molecular weight is 209 g/mol. The highest BCUT2D eigenvalue weighted by Crippen LogP contribution is 2.29. The fraction of sp³-hybridized carbons (Fsp3) is 0. The predicted molar refractivity (Wildman–Crippen MR) is 54.9 cm³/mol. The average Bonchev–Trinajstić information content (AvgIpc) is 2.57. The van der Waals surface area contributed by atoms with Gasteiger partial charge in [-0.25, -0.2) is 9.97 Å². The van der Waals surface area contributed by atoms with Crippen molar-refractivity contribution in [1.82, 2.24) is 9.97 Å². The van der Waals surface area contributed by atoms with Gasteiger partial charge in [-0.05, 0) is 12.1 Å². The van der Waals surface area contributed by atoms with Crippen molar-refractivity contribution in [3.63, 3.8) is 0 Å². The molecule has 0 saturated carbocycles. The second-order valence-electron chi connectivity index (χ2n) is 2.32. The third-order valence-electron chi connectivity index (χ3n) is 1.37. The molecule has 0 amide bonds. The molecule has 2 aromatic rings. The van der Waals surface area contributed by atoms with Crippen LogP contribution in [0.15, 0.2) is 39.1 Å². The molecule has 66 valence electrons. The van der Waals surface area contributed by atoms with Gasteiger partial charge in [-0.2, -0.15) is 0 Å². The molecule has 0 saturated heterocycles. The van der Waals surface area contributed by atoms with Gasteiger partial charge in [-0.15, -0.1) is 11.3 Å². The van der Waals surface area contributed by atoms with Crippen LogP contribution in [0.4, 0.5) is 5.82 Å². The summed E-state index contributed by atoms with van der Waals surface area (Å²) < 4.78 is 1.02. The second kappa shape index (κ2) is 3.76. The van der Waals surface area contributed by atoms with E-state index >= 15 is 0 Å². The van der Waals surface area contributed by atoms with Gasteiger partial charge in [0.05, 0.1) is 0 Å². The molecule has 0 aliphatic carbocycles. The third kappa shape index (κ3) is 2.19. The van der Waals surface area contributed by atoms with E-state index in [4.69, 9.17) is 5.73 Å². The molecule has 2 heterocycles. The lowest BCUT2D eigenvalue weighted by molar-refractivity contribution is 1.23. The Morgan fingerprint density at radius 2 is 2.23 bits per heavy atom. The number of nitrogen functional groups attached to an aromatic ring is 1. The zero-order valence-electron chi connectivity index (χ0n) is 6.68. The topological polar surface area (TPSA) is 51.8 Å². The molecule has 0 aliphatic heterocycles. The molecule has 0 unspecified atom stereocenters. The van der Waals surface area contributed by atoms with Crippen LogP contribution >= 0.6 is 23.1 Å². The van der Waals surface area contributed by atoms with E-state index < -0.39 is 0 Å². The van der Waals surface area contributed by atoms with E-state index in [9.17, 15) is 0 Å². The number of anilines is 1. The third-order valence-corrected chi connectivity index (χ3v) is 3.24. The summed E-state index contributed by atoms with van der Waals surface area (Å²) in [6.07, 6.45) is 3.49. The SMILES string of the molecule is Nc1cc(Sc2nccs2)ccn1. The Kier molecular flexibility index (Phi) is 2.47. The number of hydrogen-bond donors (Lipinski definition) is 1. The smallest absolute Gasteiger partial charge is 0.154 e. The van der Waals surface area contributed by atoms with Gasteiger partial charge in [0.25, 0.3) is 0 Å². The Balaban J connectivity index is 2.19. The minimum absolute atomic E-state index is 0.543. The van der Waals surface area contributed by atoms with Gasteiger partial charge in [0.2, 0.25) is 0 Å². The van der Waals surface area contributed by atoms with Gasteiger partial charge in [0.15, 0.2) is 4.34 Å². The summed E-state index contributed by atoms with van der Waals surface area (Å²) >= 11 is 3.21. The maximum Gasteiger partial charge on any atom is 0.154 e. The summed E-state index contributed by atoms with van der Waals surface area (Å²) in [4.78, 5) is 9.15. The first-order valence-electron chi connectivity index (χ1n) is 3.63. The molecular formula is C8H7N3S2. The molecule has 3 nitrogen and oxygen atoms in total. The van der Waals surface area contributed by atoms with Crippen LogP contribution in [0, 0.1) is 0 Å². The molecular weight excluding hydrogens is 202 g/mol. The van der Waals surface area contributed by atoms with E-state index in [0.29, 0.717) is 5.82 Å². The molecule has 0 spiro atoms. The normalized spacial score (nSPS) is 10.2. The predicted octanol–water partition coefficient (Wildman–Crippen LogP) is 2.27. The zero-order chi connectivity index (χ0) is 9.10. The van der Waals surface area contributed by atoms with Gasteiger partial charge in [-0.1, -0.05) is 11.8 Å². The number of nitrogens with zero attached hydrogens (tertiary/aromatic N) is 2. The molecule has 0 aliphatic rings. The number of nitrogens with two attached hydrogens (primary N) is 1. The molecule has 2 aromatic heterocycles. The van der Waals surface area contributed by atoms with E-state index in [1.54, 1.807) is 35.5 Å². The molecule has 5 heteroatoms. The maximum absolute atomic E-state index is 5.55. The summed E-state index contributed by atoms with van der Waals surface area (Å²) in [6, 6.07) is 3.76. The maximum atomic E-state index is 5.55. The molecule has 13 heavy (non-hydrogen) atoms. The van der Waals surface area contributed by atoms with Crippen LogP contribution in [0.5, 0.6) is 0 Å². The van der Waals surface area contributed by atoms with Gasteiger partial charge in [0.1, 0.15) is 5.82 Å². The summed E-state index contributed by atoms with van der Waals surface area (Å²) in [5.74, 6) is 0.543. The van der Waals surface area contributed by atoms with Crippen LogP contribution in [-0.4, -0.2) is 9.97 Å². The fourth-order valence-electron chi connectivity index (χ4n) is 0.853. The highest BCUT2D eigenvalue weighted by molar-refractivity contribution is 8.01. The Labute approximate surface area is 84.0 Å². The van der Waals surface area contributed by atoms with Gasteiger partial charge in [-0.3, -0.25) is 0 Å². The van der Waals surface area contributed by atoms with Crippen LogP contribution in [0.25, 0.3) is 0 Å². The molecule has 0 atom stereocenters. The molecule has 0 bridgehead atoms. The molecule has 2 rings (SSSR count). The number of rotatable bonds is 2. The van der Waals surface area contributed by atoms with E-state index in [2.05, 4.69) is 9.97 Å². The first-order chi connectivity index (χ1) is 6.34. The Hall–Kier alpha value is -1.07. The van der Waals surface area contributed by atoms with E-state index in [0.717, 1.165) is 9.24 Å². The van der Waals surface area contributed by atoms with Crippen molar-refractivity contribution in [2.45, 2.75) is 9.24 Å². The first-order valence-corrected chi connectivity index (χ1v) is 5.33. The van der Waals surface area contributed by atoms with Crippen molar-refractivity contribution < 1.29 is 0 Å². The van der Waals surface area contributed by atoms with Gasteiger partial charge >= 0.3 is 0 Å². The number of pyridine rings is 1. The standard InChI is InChI=1S/C8H7N3S2/c9-7-5-6(1-2-10-7)13-8-11-3-4-12-8/h1-5H,(H2,9,10). The Morgan fingerprint density at radius 1 is 1.31 bits per heavy atom. The first kappa shape index (κ1) is 8.52. The molecule has 0 aromatic carbocycles. The Morgan fingerprint density at radius 3 is 2.92 bits per heavy atom. The van der Waals surface area contributed by atoms with Crippen LogP contribution in [0.3, 0.4) is 0 Å². The summed E-state index contributed by atoms with van der Waals surface area (Å²) in [5.41, 5.74) is 5.55. The van der Waals surface area contributed by atoms with E-state index in [-0.39, 0.29) is 0 Å². The van der Waals surface area contributed by atoms with Crippen molar-refractivity contribution in [2.24, 2.45) is 0 Å². The Bertz CT molecular complexity index is 386. The van der Waals surface area contributed by atoms with Crippen LogP contribution < -0.4 is 5.73 Å². The highest BCUT2D eigenvalue weighted by atomic mass is 32.2. The van der Waals surface area contributed by atoms with E-state index in [1.165, 1.54) is 0 Å². The van der Waals surface area contributed by atoms with E-state index in [1.807, 2.05) is 17.5 Å². The van der Waals surface area contributed by atoms with Gasteiger partial charge < -0.3 is 5.73 Å². The second-order valence-corrected chi connectivity index (χ2v) is 4.53. The zero-order valence-corrected chi connectivity index (χ0v) is 8.31. The summed E-state index contributed by atoms with van der Waals surface area (Å²) in [6.45, 7) is 0. The lowest BCUT2D eigenvalue weighted by Crippen LogP contribution is -1.87. The lowest BCUT2D eigenvalue weighted by Gasteiger charge is -1.97. The quantitative estimate of drug-likeness (QED) is 0.824. The molecule has 0 radical (unpaired) electrons. The number of hydrogen-bond acceptors (Lipinski definition) is 5. The summed E-state index contributed by atoms with van der Waals surface area (Å²) in [7, 11) is 0. The van der Waals surface area contributed by atoms with Crippen molar-refractivity contribution >= 4 is 28.9 Å². The monoisotopic (exact) mass is 209 g/mol. The van der Waals surface area contributed by atoms with Crippen molar-refractivity contribution in [1.29, 1.82) is 0 Å². The number of aromatic nitrogens is 2. The summed E-state index contributed by atoms with van der Waals surface area (Å²) in [5, 5.41) is 1.95. The van der Waals surface area contributed by atoms with Crippen LogP contribution in [-0.2, 0) is 0 Å². The fourth-order valence-corrected chi connectivity index (χ4v) is 2.48.